The van der Waals surface area contributed by atoms with Gasteiger partial charge < -0.3 is 5.32 Å². The highest BCUT2D eigenvalue weighted by molar-refractivity contribution is 8.18. The highest BCUT2D eigenvalue weighted by Gasteiger charge is 2.23. The van der Waals surface area contributed by atoms with Crippen molar-refractivity contribution in [1.29, 1.82) is 0 Å². The summed E-state index contributed by atoms with van der Waals surface area (Å²) in [6, 6.07) is 12.8. The molecule has 1 fully saturated rings. The van der Waals surface area contributed by atoms with Crippen LogP contribution in [-0.2, 0) is 14.1 Å². The first-order valence-electron chi connectivity index (χ1n) is 8.13. The van der Waals surface area contributed by atoms with Crippen LogP contribution in [0.4, 0.5) is 10.5 Å². The van der Waals surface area contributed by atoms with Crippen LogP contribution >= 0.6 is 23.4 Å². The van der Waals surface area contributed by atoms with Crippen LogP contribution < -0.4 is 11.0 Å². The second kappa shape index (κ2) is 6.75. The van der Waals surface area contributed by atoms with E-state index in [-0.39, 0.29) is 10.9 Å². The quantitative estimate of drug-likeness (QED) is 0.707. The second-order valence-corrected chi connectivity index (χ2v) is 7.56. The molecule has 8 heteroatoms. The van der Waals surface area contributed by atoms with Crippen LogP contribution in [0.1, 0.15) is 5.56 Å². The van der Waals surface area contributed by atoms with Crippen LogP contribution in [0.25, 0.3) is 17.1 Å². The van der Waals surface area contributed by atoms with E-state index in [1.807, 2.05) is 24.3 Å². The number of rotatable bonds is 2. The Morgan fingerprint density at radius 1 is 1.04 bits per heavy atom. The van der Waals surface area contributed by atoms with Crippen molar-refractivity contribution in [3.63, 3.8) is 0 Å². The zero-order valence-corrected chi connectivity index (χ0v) is 16.1. The predicted octanol–water partition coefficient (Wildman–Crippen LogP) is 4.06. The van der Waals surface area contributed by atoms with Gasteiger partial charge in [0.1, 0.15) is 5.84 Å². The molecule has 1 aromatic heterocycles. The molecule has 2 heterocycles. The first kappa shape index (κ1) is 17.6. The van der Waals surface area contributed by atoms with Gasteiger partial charge in [0.05, 0.1) is 21.6 Å². The van der Waals surface area contributed by atoms with Gasteiger partial charge in [0.25, 0.3) is 5.24 Å². The van der Waals surface area contributed by atoms with Crippen molar-refractivity contribution in [2.45, 2.75) is 0 Å². The number of nitrogens with zero attached hydrogens (tertiary/aromatic N) is 3. The van der Waals surface area contributed by atoms with E-state index in [1.54, 1.807) is 47.5 Å². The molecule has 1 N–H and O–H groups in total. The highest BCUT2D eigenvalue weighted by atomic mass is 35.5. The maximum absolute atomic E-state index is 12.1. The van der Waals surface area contributed by atoms with Gasteiger partial charge in [-0.1, -0.05) is 17.7 Å². The van der Waals surface area contributed by atoms with Crippen LogP contribution in [0.15, 0.2) is 57.2 Å². The molecule has 0 atom stereocenters. The zero-order valence-electron chi connectivity index (χ0n) is 14.6. The third-order valence-corrected chi connectivity index (χ3v) is 5.39. The summed E-state index contributed by atoms with van der Waals surface area (Å²) < 4.78 is 3.21. The molecule has 0 radical (unpaired) electrons. The van der Waals surface area contributed by atoms with Gasteiger partial charge in [-0.05, 0) is 59.8 Å². The molecule has 0 unspecified atom stereocenters. The number of amides is 1. The first-order valence-corrected chi connectivity index (χ1v) is 9.32. The van der Waals surface area contributed by atoms with Gasteiger partial charge in [0, 0.05) is 19.1 Å². The summed E-state index contributed by atoms with van der Waals surface area (Å²) in [6.07, 6.45) is 1.88. The Hall–Kier alpha value is -2.77. The lowest BCUT2D eigenvalue weighted by Gasteiger charge is -2.02. The topological polar surface area (TPSA) is 68.4 Å². The molecule has 136 valence electrons. The normalized spacial score (nSPS) is 17.2. The number of nitrogens with one attached hydrogen (secondary N) is 1. The van der Waals surface area contributed by atoms with E-state index >= 15 is 0 Å². The maximum atomic E-state index is 12.1. The standard InChI is InChI=1S/C19H15ClN4O2S/c1-23-14-8-3-11(9-15(14)24(2)19(23)26)10-16-17(22-18(25)27-16)21-13-6-4-12(20)5-7-13/h3-10H,1-2H3,(H,21,22,25)/b16-10+. The number of halogens is 1. The molecule has 0 spiro atoms. The summed E-state index contributed by atoms with van der Waals surface area (Å²) in [5.41, 5.74) is 3.19. The lowest BCUT2D eigenvalue weighted by atomic mass is 10.2. The minimum atomic E-state index is -0.179. The number of carbonyl (C=O) groups is 1. The summed E-state index contributed by atoms with van der Waals surface area (Å²) in [5, 5.41) is 3.21. The van der Waals surface area contributed by atoms with Gasteiger partial charge in [0.2, 0.25) is 0 Å². The molecule has 0 bridgehead atoms. The number of aromatic nitrogens is 2. The van der Waals surface area contributed by atoms with E-state index < -0.39 is 0 Å². The van der Waals surface area contributed by atoms with Crippen molar-refractivity contribution in [1.82, 2.24) is 14.5 Å². The highest BCUT2D eigenvalue weighted by Crippen LogP contribution is 2.29. The van der Waals surface area contributed by atoms with Gasteiger partial charge in [-0.25, -0.2) is 9.79 Å². The number of aryl methyl sites for hydroxylation is 2. The summed E-state index contributed by atoms with van der Waals surface area (Å²) in [6.45, 7) is 0. The lowest BCUT2D eigenvalue weighted by Crippen LogP contribution is -2.19. The minimum absolute atomic E-state index is 0.0770. The average molecular weight is 399 g/mol. The fraction of sp³-hybridized carbons (Fsp3) is 0.105. The molecule has 1 aliphatic rings. The number of imidazole rings is 1. The molecule has 27 heavy (non-hydrogen) atoms. The fourth-order valence-electron chi connectivity index (χ4n) is 2.92. The van der Waals surface area contributed by atoms with Gasteiger partial charge in [-0.2, -0.15) is 0 Å². The van der Waals surface area contributed by atoms with Crippen LogP contribution in [0.2, 0.25) is 5.02 Å². The Morgan fingerprint density at radius 2 is 1.74 bits per heavy atom. The Balaban J connectivity index is 1.76. The average Bonchev–Trinajstić information content (AvgIpc) is 3.09. The van der Waals surface area contributed by atoms with E-state index in [4.69, 9.17) is 11.6 Å². The lowest BCUT2D eigenvalue weighted by molar-refractivity contribution is 0.265. The Kier molecular flexibility index (Phi) is 4.41. The SMILES string of the molecule is Cn1c(=O)n(C)c2cc(/C=C3/SC(=O)NC3=Nc3ccc(Cl)cc3)ccc21. The molecule has 3 aromatic rings. The van der Waals surface area contributed by atoms with Crippen molar-refractivity contribution in [2.75, 3.05) is 0 Å². The molecule has 2 aromatic carbocycles. The molecule has 0 saturated carbocycles. The summed E-state index contributed by atoms with van der Waals surface area (Å²) >= 11 is 6.99. The number of aliphatic imine (C=N–C) groups is 1. The van der Waals surface area contributed by atoms with Crippen molar-refractivity contribution < 1.29 is 4.79 Å². The molecule has 1 saturated heterocycles. The van der Waals surface area contributed by atoms with Gasteiger partial charge in [0.15, 0.2) is 0 Å². The van der Waals surface area contributed by atoms with Crippen molar-refractivity contribution in [2.24, 2.45) is 19.1 Å². The number of hydrogen-bond donors (Lipinski definition) is 1. The van der Waals surface area contributed by atoms with Crippen LogP contribution in [-0.4, -0.2) is 20.2 Å². The molecular weight excluding hydrogens is 384 g/mol. The third-order valence-electron chi connectivity index (χ3n) is 4.32. The molecule has 4 rings (SSSR count). The summed E-state index contributed by atoms with van der Waals surface area (Å²) in [7, 11) is 3.49. The van der Waals surface area contributed by atoms with E-state index in [0.29, 0.717) is 16.5 Å². The van der Waals surface area contributed by atoms with Crippen LogP contribution in [0, 0.1) is 0 Å². The fourth-order valence-corrected chi connectivity index (χ4v) is 3.78. The number of benzene rings is 2. The minimum Gasteiger partial charge on any atom is -0.300 e. The van der Waals surface area contributed by atoms with Crippen molar-refractivity contribution in [3.8, 4) is 0 Å². The smallest absolute Gasteiger partial charge is 0.300 e. The molecule has 1 aliphatic heterocycles. The molecule has 0 aliphatic carbocycles. The number of fused-ring (bicyclic) bond motifs is 1. The third kappa shape index (κ3) is 3.31. The van der Waals surface area contributed by atoms with Crippen molar-refractivity contribution in [3.05, 3.63) is 68.4 Å². The zero-order chi connectivity index (χ0) is 19.1. The van der Waals surface area contributed by atoms with Gasteiger partial charge in [-0.3, -0.25) is 13.9 Å². The Bertz CT molecular complexity index is 1190. The number of hydrogen-bond acceptors (Lipinski definition) is 4. The van der Waals surface area contributed by atoms with E-state index in [9.17, 15) is 9.59 Å². The van der Waals surface area contributed by atoms with Crippen LogP contribution in [0.3, 0.4) is 0 Å². The first-order chi connectivity index (χ1) is 12.9. The van der Waals surface area contributed by atoms with E-state index in [2.05, 4.69) is 10.3 Å². The Morgan fingerprint density at radius 3 is 2.48 bits per heavy atom. The van der Waals surface area contributed by atoms with E-state index in [0.717, 1.165) is 33.3 Å². The summed E-state index contributed by atoms with van der Waals surface area (Å²) in [4.78, 5) is 29.2. The van der Waals surface area contributed by atoms with E-state index in [1.165, 1.54) is 0 Å². The number of carbonyl (C=O) groups excluding carboxylic acids is 1. The van der Waals surface area contributed by atoms with Gasteiger partial charge >= 0.3 is 5.69 Å². The molecular formula is C19H15ClN4O2S. The maximum Gasteiger partial charge on any atom is 0.328 e. The largest absolute Gasteiger partial charge is 0.328 e. The monoisotopic (exact) mass is 398 g/mol. The number of amidine groups is 1. The van der Waals surface area contributed by atoms with Crippen LogP contribution in [0.5, 0.6) is 0 Å². The molecule has 1 amide bonds. The Labute approximate surface area is 164 Å². The van der Waals surface area contributed by atoms with Crippen molar-refractivity contribution >= 4 is 57.2 Å². The molecule has 6 nitrogen and oxygen atoms in total. The summed E-state index contributed by atoms with van der Waals surface area (Å²) in [5.74, 6) is 0.495. The number of thioether (sulfide) groups is 1. The predicted molar refractivity (Wildman–Crippen MR) is 111 cm³/mol. The second-order valence-electron chi connectivity index (χ2n) is 6.11. The van der Waals surface area contributed by atoms with Gasteiger partial charge in [-0.15, -0.1) is 0 Å².